The normalized spacial score (nSPS) is 13.6. The van der Waals surface area contributed by atoms with Crippen LogP contribution in [0.1, 0.15) is 40.2 Å². The summed E-state index contributed by atoms with van der Waals surface area (Å²) in [4.78, 5) is 27.3. The molecule has 3 aromatic rings. The molecule has 2 amide bonds. The first-order chi connectivity index (χ1) is 15.8. The second kappa shape index (κ2) is 9.58. The minimum absolute atomic E-state index is 0.137. The van der Waals surface area contributed by atoms with Crippen LogP contribution in [0.4, 0.5) is 10.1 Å². The van der Waals surface area contributed by atoms with Gasteiger partial charge in [0.2, 0.25) is 5.91 Å². The summed E-state index contributed by atoms with van der Waals surface area (Å²) in [5.74, 6) is -0.829. The van der Waals surface area contributed by atoms with Gasteiger partial charge in [0.1, 0.15) is 5.82 Å². The molecule has 1 N–H and O–H groups in total. The molecule has 0 bridgehead atoms. The molecule has 1 aromatic heterocycles. The largest absolute Gasteiger partial charge is 0.339 e. The monoisotopic (exact) mass is 466 g/mol. The number of hydrogen-bond acceptors (Lipinski definition) is 3. The standard InChI is InChI=1S/C25H24ClFN4O2/c1-16-21(17(2)31(29-16)20-8-6-19(27)7-9-20)10-12-24(32)28-23-11-5-18(26)15-22(23)25(33)30-13-3-4-14-30/h5-12,15H,3-4,13-14H2,1-2H3,(H,28,32). The quantitative estimate of drug-likeness (QED) is 0.527. The fourth-order valence-corrected chi connectivity index (χ4v) is 4.13. The average Bonchev–Trinajstić information content (AvgIpc) is 3.42. The number of carbonyl (C=O) groups excluding carboxylic acids is 2. The number of hydrogen-bond donors (Lipinski definition) is 1. The van der Waals surface area contributed by atoms with E-state index in [4.69, 9.17) is 11.6 Å². The number of nitrogens with zero attached hydrogens (tertiary/aromatic N) is 3. The van der Waals surface area contributed by atoms with Crippen LogP contribution < -0.4 is 5.32 Å². The number of benzene rings is 2. The summed E-state index contributed by atoms with van der Waals surface area (Å²) in [6, 6.07) is 10.9. The van der Waals surface area contributed by atoms with Gasteiger partial charge in [-0.2, -0.15) is 5.10 Å². The highest BCUT2D eigenvalue weighted by molar-refractivity contribution is 6.31. The Morgan fingerprint density at radius 1 is 1.09 bits per heavy atom. The van der Waals surface area contributed by atoms with Gasteiger partial charge in [0.25, 0.3) is 5.91 Å². The molecule has 0 spiro atoms. The third-order valence-electron chi connectivity index (χ3n) is 5.68. The number of rotatable bonds is 5. The van der Waals surface area contributed by atoms with Gasteiger partial charge in [0.15, 0.2) is 0 Å². The Kier molecular flexibility index (Phi) is 6.60. The van der Waals surface area contributed by atoms with Crippen molar-refractivity contribution in [3.63, 3.8) is 0 Å². The Hall–Kier alpha value is -3.45. The van der Waals surface area contributed by atoms with Crippen LogP contribution in [0.15, 0.2) is 48.5 Å². The van der Waals surface area contributed by atoms with Crippen molar-refractivity contribution >= 4 is 35.2 Å². The van der Waals surface area contributed by atoms with Crippen LogP contribution in [0.5, 0.6) is 0 Å². The van der Waals surface area contributed by atoms with Crippen LogP contribution in [0.3, 0.4) is 0 Å². The van der Waals surface area contributed by atoms with E-state index in [2.05, 4.69) is 10.4 Å². The maximum absolute atomic E-state index is 13.2. The van der Waals surface area contributed by atoms with Crippen molar-refractivity contribution in [1.29, 1.82) is 0 Å². The van der Waals surface area contributed by atoms with Crippen LogP contribution in [0.2, 0.25) is 5.02 Å². The SMILES string of the molecule is Cc1nn(-c2ccc(F)cc2)c(C)c1C=CC(=O)Nc1ccc(Cl)cc1C(=O)N1CCCC1. The maximum atomic E-state index is 13.2. The van der Waals surface area contributed by atoms with Crippen molar-refractivity contribution in [2.75, 3.05) is 18.4 Å². The van der Waals surface area contributed by atoms with Gasteiger partial charge >= 0.3 is 0 Å². The van der Waals surface area contributed by atoms with Gasteiger partial charge in [0.05, 0.1) is 22.6 Å². The summed E-state index contributed by atoms with van der Waals surface area (Å²) in [5.41, 5.74) is 3.87. The van der Waals surface area contributed by atoms with Gasteiger partial charge < -0.3 is 10.2 Å². The van der Waals surface area contributed by atoms with Crippen LogP contribution in [0, 0.1) is 19.7 Å². The van der Waals surface area contributed by atoms with Crippen molar-refractivity contribution in [3.8, 4) is 5.69 Å². The molecular formula is C25H24ClFN4O2. The third-order valence-corrected chi connectivity index (χ3v) is 5.92. The molecule has 4 rings (SSSR count). The summed E-state index contributed by atoms with van der Waals surface area (Å²) >= 11 is 6.11. The molecule has 0 atom stereocenters. The van der Waals surface area contributed by atoms with Crippen molar-refractivity contribution in [2.45, 2.75) is 26.7 Å². The van der Waals surface area contributed by atoms with Crippen molar-refractivity contribution in [3.05, 3.63) is 81.9 Å². The second-order valence-electron chi connectivity index (χ2n) is 7.98. The van der Waals surface area contributed by atoms with Gasteiger partial charge in [0, 0.05) is 35.4 Å². The molecular weight excluding hydrogens is 443 g/mol. The topological polar surface area (TPSA) is 67.2 Å². The fraction of sp³-hybridized carbons (Fsp3) is 0.240. The van der Waals surface area contributed by atoms with E-state index in [0.717, 1.165) is 35.5 Å². The van der Waals surface area contributed by atoms with E-state index < -0.39 is 0 Å². The highest BCUT2D eigenvalue weighted by Gasteiger charge is 2.22. The number of nitrogens with one attached hydrogen (secondary N) is 1. The molecule has 170 valence electrons. The smallest absolute Gasteiger partial charge is 0.256 e. The van der Waals surface area contributed by atoms with Gasteiger partial charge in [-0.1, -0.05) is 11.6 Å². The van der Waals surface area contributed by atoms with E-state index in [-0.39, 0.29) is 17.6 Å². The molecule has 1 aliphatic rings. The molecule has 6 nitrogen and oxygen atoms in total. The molecule has 2 heterocycles. The van der Waals surface area contributed by atoms with E-state index in [1.54, 1.807) is 46.0 Å². The predicted molar refractivity (Wildman–Crippen MR) is 127 cm³/mol. The zero-order valence-electron chi connectivity index (χ0n) is 18.4. The average molecular weight is 467 g/mol. The van der Waals surface area contributed by atoms with E-state index in [0.29, 0.717) is 29.4 Å². The molecule has 0 saturated carbocycles. The molecule has 8 heteroatoms. The van der Waals surface area contributed by atoms with Gasteiger partial charge in [-0.05, 0) is 75.2 Å². The van der Waals surface area contributed by atoms with Gasteiger partial charge in [-0.15, -0.1) is 0 Å². The molecule has 1 saturated heterocycles. The van der Waals surface area contributed by atoms with Crippen LogP contribution in [-0.2, 0) is 4.79 Å². The van der Waals surface area contributed by atoms with Crippen molar-refractivity contribution < 1.29 is 14.0 Å². The summed E-state index contributed by atoms with van der Waals surface area (Å²) in [6.45, 7) is 5.13. The zero-order valence-corrected chi connectivity index (χ0v) is 19.2. The predicted octanol–water partition coefficient (Wildman–Crippen LogP) is 5.17. The molecule has 0 unspecified atom stereocenters. The Morgan fingerprint density at radius 3 is 2.48 bits per heavy atom. The first-order valence-corrected chi connectivity index (χ1v) is 11.1. The Morgan fingerprint density at radius 2 is 1.79 bits per heavy atom. The number of aryl methyl sites for hydroxylation is 1. The lowest BCUT2D eigenvalue weighted by atomic mass is 10.1. The van der Waals surface area contributed by atoms with Crippen molar-refractivity contribution in [1.82, 2.24) is 14.7 Å². The van der Waals surface area contributed by atoms with E-state index >= 15 is 0 Å². The molecule has 33 heavy (non-hydrogen) atoms. The molecule has 1 fully saturated rings. The lowest BCUT2D eigenvalue weighted by molar-refractivity contribution is -0.111. The summed E-state index contributed by atoms with van der Waals surface area (Å²) in [7, 11) is 0. The van der Waals surface area contributed by atoms with Crippen LogP contribution in [-0.4, -0.2) is 39.6 Å². The number of likely N-dealkylation sites (tertiary alicyclic amines) is 1. The Bertz CT molecular complexity index is 1230. The van der Waals surface area contributed by atoms with Crippen molar-refractivity contribution in [2.24, 2.45) is 0 Å². The summed E-state index contributed by atoms with van der Waals surface area (Å²) in [5, 5.41) is 7.74. The maximum Gasteiger partial charge on any atom is 0.256 e. The van der Waals surface area contributed by atoms with E-state index in [9.17, 15) is 14.0 Å². The molecule has 1 aliphatic heterocycles. The minimum Gasteiger partial charge on any atom is -0.339 e. The zero-order chi connectivity index (χ0) is 23.5. The lowest BCUT2D eigenvalue weighted by Crippen LogP contribution is -2.28. The number of amides is 2. The summed E-state index contributed by atoms with van der Waals surface area (Å²) < 4.78 is 15.0. The molecule has 0 radical (unpaired) electrons. The first-order valence-electron chi connectivity index (χ1n) is 10.7. The fourth-order valence-electron chi connectivity index (χ4n) is 3.96. The number of halogens is 2. The molecule has 0 aliphatic carbocycles. The second-order valence-corrected chi connectivity index (χ2v) is 8.42. The van der Waals surface area contributed by atoms with Crippen LogP contribution >= 0.6 is 11.6 Å². The number of aromatic nitrogens is 2. The number of carbonyl (C=O) groups is 2. The summed E-state index contributed by atoms with van der Waals surface area (Å²) in [6.07, 6.45) is 5.04. The Labute approximate surface area is 196 Å². The lowest BCUT2D eigenvalue weighted by Gasteiger charge is -2.18. The van der Waals surface area contributed by atoms with E-state index in [1.165, 1.54) is 18.2 Å². The highest BCUT2D eigenvalue weighted by Crippen LogP contribution is 2.25. The Balaban J connectivity index is 1.54. The first kappa shape index (κ1) is 22.7. The van der Waals surface area contributed by atoms with Crippen LogP contribution in [0.25, 0.3) is 11.8 Å². The number of anilines is 1. The third kappa shape index (κ3) is 4.98. The van der Waals surface area contributed by atoms with Gasteiger partial charge in [-0.3, -0.25) is 9.59 Å². The van der Waals surface area contributed by atoms with E-state index in [1.807, 2.05) is 13.8 Å². The highest BCUT2D eigenvalue weighted by atomic mass is 35.5. The van der Waals surface area contributed by atoms with Gasteiger partial charge in [-0.25, -0.2) is 9.07 Å². The minimum atomic E-state index is -0.374. The molecule has 2 aromatic carbocycles.